The maximum Gasteiger partial charge on any atom is 0.288 e. The first-order valence-corrected chi connectivity index (χ1v) is 7.20. The van der Waals surface area contributed by atoms with Gasteiger partial charge < -0.3 is 5.32 Å². The van der Waals surface area contributed by atoms with Crippen molar-refractivity contribution in [1.29, 1.82) is 0 Å². The first-order chi connectivity index (χ1) is 10.1. The number of benzene rings is 1. The van der Waals surface area contributed by atoms with Gasteiger partial charge >= 0.3 is 0 Å². The molecule has 0 aliphatic rings. The van der Waals surface area contributed by atoms with Gasteiger partial charge in [-0.2, -0.15) is 8.78 Å². The summed E-state index contributed by atoms with van der Waals surface area (Å²) < 4.78 is 24.4. The van der Waals surface area contributed by atoms with Crippen molar-refractivity contribution in [2.24, 2.45) is 0 Å². The zero-order chi connectivity index (χ0) is 15.2. The number of halogens is 2. The van der Waals surface area contributed by atoms with Gasteiger partial charge in [0.1, 0.15) is 0 Å². The molecule has 1 atom stereocenters. The van der Waals surface area contributed by atoms with E-state index in [4.69, 9.17) is 0 Å². The average Bonchev–Trinajstić information content (AvgIpc) is 2.48. The van der Waals surface area contributed by atoms with Gasteiger partial charge in [-0.3, -0.25) is 9.78 Å². The molecular weight excluding hydrogens is 294 g/mol. The van der Waals surface area contributed by atoms with Crippen LogP contribution >= 0.6 is 11.8 Å². The summed E-state index contributed by atoms with van der Waals surface area (Å²) in [6, 6.07) is 9.60. The Morgan fingerprint density at radius 2 is 1.95 bits per heavy atom. The van der Waals surface area contributed by atoms with Crippen molar-refractivity contribution in [3.8, 4) is 0 Å². The number of thioether (sulfide) groups is 1. The van der Waals surface area contributed by atoms with E-state index in [1.54, 1.807) is 18.5 Å². The molecule has 1 unspecified atom stereocenters. The van der Waals surface area contributed by atoms with Crippen LogP contribution in [0.5, 0.6) is 0 Å². The molecule has 1 aromatic carbocycles. The minimum Gasteiger partial charge on any atom is -0.345 e. The monoisotopic (exact) mass is 308 g/mol. The average molecular weight is 308 g/mol. The largest absolute Gasteiger partial charge is 0.345 e. The molecule has 110 valence electrons. The van der Waals surface area contributed by atoms with Crippen LogP contribution in [0, 0.1) is 0 Å². The molecule has 2 rings (SSSR count). The normalized spacial score (nSPS) is 12.2. The number of nitrogens with one attached hydrogen (secondary N) is 1. The van der Waals surface area contributed by atoms with E-state index in [1.807, 2.05) is 13.0 Å². The molecule has 0 fully saturated rings. The standard InChI is InChI=1S/C15H14F2N2OS/c1-10(12-3-2-8-18-9-12)19-14(20)11-4-6-13(7-5-11)21-15(16)17/h2-10,15H,1H3,(H,19,20). The number of hydrogen-bond acceptors (Lipinski definition) is 3. The highest BCUT2D eigenvalue weighted by atomic mass is 32.2. The van der Waals surface area contributed by atoms with Gasteiger partial charge in [-0.05, 0) is 42.8 Å². The van der Waals surface area contributed by atoms with Crippen LogP contribution in [0.4, 0.5) is 8.78 Å². The molecule has 1 N–H and O–H groups in total. The van der Waals surface area contributed by atoms with E-state index in [1.165, 1.54) is 24.3 Å². The summed E-state index contributed by atoms with van der Waals surface area (Å²) in [4.78, 5) is 16.5. The smallest absolute Gasteiger partial charge is 0.288 e. The fraction of sp³-hybridized carbons (Fsp3) is 0.200. The Balaban J connectivity index is 2.00. The minimum atomic E-state index is -2.46. The molecule has 0 aliphatic heterocycles. The maximum absolute atomic E-state index is 12.2. The van der Waals surface area contributed by atoms with Crippen LogP contribution in [0.1, 0.15) is 28.9 Å². The molecule has 6 heteroatoms. The second-order valence-corrected chi connectivity index (χ2v) is 5.45. The van der Waals surface area contributed by atoms with Crippen LogP contribution < -0.4 is 5.32 Å². The number of rotatable bonds is 5. The third-order valence-corrected chi connectivity index (χ3v) is 3.60. The number of amides is 1. The van der Waals surface area contributed by atoms with Gasteiger partial charge in [-0.15, -0.1) is 0 Å². The lowest BCUT2D eigenvalue weighted by Gasteiger charge is -2.14. The summed E-state index contributed by atoms with van der Waals surface area (Å²) in [5.41, 5.74) is 1.33. The quantitative estimate of drug-likeness (QED) is 0.852. The van der Waals surface area contributed by atoms with Gasteiger partial charge in [0, 0.05) is 22.9 Å². The molecule has 3 nitrogen and oxygen atoms in total. The summed E-state index contributed by atoms with van der Waals surface area (Å²) in [7, 11) is 0. The molecule has 1 heterocycles. The number of carbonyl (C=O) groups is 1. The van der Waals surface area contributed by atoms with Gasteiger partial charge in [0.15, 0.2) is 0 Å². The van der Waals surface area contributed by atoms with E-state index in [9.17, 15) is 13.6 Å². The Kier molecular flexibility index (Phi) is 5.27. The van der Waals surface area contributed by atoms with E-state index in [0.717, 1.165) is 5.56 Å². The van der Waals surface area contributed by atoms with Gasteiger partial charge in [0.05, 0.1) is 6.04 Å². The van der Waals surface area contributed by atoms with Crippen molar-refractivity contribution < 1.29 is 13.6 Å². The fourth-order valence-corrected chi connectivity index (χ4v) is 2.28. The van der Waals surface area contributed by atoms with Crippen LogP contribution in [0.2, 0.25) is 0 Å². The van der Waals surface area contributed by atoms with Crippen molar-refractivity contribution in [3.05, 3.63) is 59.9 Å². The van der Waals surface area contributed by atoms with E-state index >= 15 is 0 Å². The van der Waals surface area contributed by atoms with Crippen molar-refractivity contribution in [3.63, 3.8) is 0 Å². The summed E-state index contributed by atoms with van der Waals surface area (Å²) in [6.45, 7) is 1.86. The van der Waals surface area contributed by atoms with E-state index in [2.05, 4.69) is 10.3 Å². The van der Waals surface area contributed by atoms with Gasteiger partial charge in [-0.25, -0.2) is 0 Å². The Morgan fingerprint density at radius 1 is 1.24 bits per heavy atom. The Hall–Kier alpha value is -1.95. The highest BCUT2D eigenvalue weighted by Crippen LogP contribution is 2.25. The lowest BCUT2D eigenvalue weighted by Crippen LogP contribution is -2.26. The maximum atomic E-state index is 12.2. The summed E-state index contributed by atoms with van der Waals surface area (Å²) in [6.07, 6.45) is 3.35. The third kappa shape index (κ3) is 4.53. The second kappa shape index (κ2) is 7.17. The summed E-state index contributed by atoms with van der Waals surface area (Å²) in [5.74, 6) is -2.71. The van der Waals surface area contributed by atoms with Crippen LogP contribution in [0.25, 0.3) is 0 Å². The zero-order valence-corrected chi connectivity index (χ0v) is 12.1. The van der Waals surface area contributed by atoms with Gasteiger partial charge in [0.2, 0.25) is 0 Å². The Bertz CT molecular complexity index is 590. The van der Waals surface area contributed by atoms with E-state index < -0.39 is 5.76 Å². The first-order valence-electron chi connectivity index (χ1n) is 6.32. The molecule has 0 bridgehead atoms. The summed E-state index contributed by atoms with van der Waals surface area (Å²) >= 11 is 0.456. The SMILES string of the molecule is CC(NC(=O)c1ccc(SC(F)F)cc1)c1cccnc1. The Morgan fingerprint density at radius 3 is 2.52 bits per heavy atom. The molecule has 0 spiro atoms. The number of carbonyl (C=O) groups excluding carboxylic acids is 1. The van der Waals surface area contributed by atoms with Crippen molar-refractivity contribution >= 4 is 17.7 Å². The fourth-order valence-electron chi connectivity index (χ4n) is 1.78. The van der Waals surface area contributed by atoms with E-state index in [-0.39, 0.29) is 11.9 Å². The van der Waals surface area contributed by atoms with Crippen molar-refractivity contribution in [2.45, 2.75) is 23.6 Å². The number of alkyl halides is 2. The predicted molar refractivity (Wildman–Crippen MR) is 78.4 cm³/mol. The number of pyridine rings is 1. The number of hydrogen-bond donors (Lipinski definition) is 1. The van der Waals surface area contributed by atoms with Crippen LogP contribution in [-0.2, 0) is 0 Å². The molecular formula is C15H14F2N2OS. The topological polar surface area (TPSA) is 42.0 Å². The lowest BCUT2D eigenvalue weighted by atomic mass is 10.1. The highest BCUT2D eigenvalue weighted by Gasteiger charge is 2.12. The number of nitrogens with zero attached hydrogens (tertiary/aromatic N) is 1. The third-order valence-electron chi connectivity index (χ3n) is 2.87. The molecule has 0 saturated carbocycles. The molecule has 0 saturated heterocycles. The Labute approximate surface area is 125 Å². The lowest BCUT2D eigenvalue weighted by molar-refractivity contribution is 0.0940. The first kappa shape index (κ1) is 15.4. The van der Waals surface area contributed by atoms with Gasteiger partial charge in [0.25, 0.3) is 11.7 Å². The summed E-state index contributed by atoms with van der Waals surface area (Å²) in [5, 5.41) is 2.84. The predicted octanol–water partition coefficient (Wildman–Crippen LogP) is 3.89. The van der Waals surface area contributed by atoms with Gasteiger partial charge in [-0.1, -0.05) is 17.8 Å². The molecule has 1 aromatic heterocycles. The van der Waals surface area contributed by atoms with Crippen LogP contribution in [-0.4, -0.2) is 16.6 Å². The molecule has 0 radical (unpaired) electrons. The van der Waals surface area contributed by atoms with E-state index in [0.29, 0.717) is 22.2 Å². The highest BCUT2D eigenvalue weighted by molar-refractivity contribution is 7.99. The van der Waals surface area contributed by atoms with Crippen LogP contribution in [0.3, 0.4) is 0 Å². The number of aromatic nitrogens is 1. The molecule has 0 aliphatic carbocycles. The van der Waals surface area contributed by atoms with Crippen molar-refractivity contribution in [1.82, 2.24) is 10.3 Å². The minimum absolute atomic E-state index is 0.179. The molecule has 2 aromatic rings. The molecule has 21 heavy (non-hydrogen) atoms. The van der Waals surface area contributed by atoms with Crippen molar-refractivity contribution in [2.75, 3.05) is 0 Å². The molecule has 1 amide bonds. The second-order valence-electron chi connectivity index (χ2n) is 4.38. The van der Waals surface area contributed by atoms with Crippen LogP contribution in [0.15, 0.2) is 53.7 Å². The zero-order valence-electron chi connectivity index (χ0n) is 11.3.